The average Bonchev–Trinajstić information content (AvgIpc) is 2.14. The number of rotatable bonds is 2. The minimum absolute atomic E-state index is 0. The van der Waals surface area contributed by atoms with E-state index in [0.717, 1.165) is 0 Å². The maximum Gasteiger partial charge on any atom is 0.549 e. The lowest BCUT2D eigenvalue weighted by atomic mass is 11.8. The van der Waals surface area contributed by atoms with E-state index in [4.69, 9.17) is 25.4 Å². The molecule has 176 valence electrons. The smallest absolute Gasteiger partial charge is 0.416 e. The van der Waals surface area contributed by atoms with Crippen LogP contribution in [-0.4, -0.2) is 60.0 Å². The third kappa shape index (κ3) is 21.9. The topological polar surface area (TPSA) is 118 Å². The molecule has 4 N–H and O–H groups in total. The maximum atomic E-state index is 8.40. The Hall–Kier alpha value is 0.878. The van der Waals surface area contributed by atoms with E-state index in [1.807, 2.05) is 0 Å². The summed E-state index contributed by atoms with van der Waals surface area (Å²) in [6.45, 7) is 30.7. The molecular weight excluding hydrogens is 489 g/mol. The van der Waals surface area contributed by atoms with Crippen LogP contribution in [0.5, 0.6) is 0 Å². The molecule has 0 aromatic heterocycles. The normalized spacial score (nSPS) is 22.0. The van der Waals surface area contributed by atoms with E-state index in [9.17, 15) is 0 Å². The highest BCUT2D eigenvalue weighted by atomic mass is 28.5. The zero-order chi connectivity index (χ0) is 23.2. The van der Waals surface area contributed by atoms with Crippen molar-refractivity contribution in [1.82, 2.24) is 10.8 Å². The predicted molar refractivity (Wildman–Crippen MR) is 136 cm³/mol. The van der Waals surface area contributed by atoms with Gasteiger partial charge in [0.1, 0.15) is 16.5 Å². The number of nitrogens with one attached hydrogen (secondary N) is 1. The number of hydrogen-bond donors (Lipinski definition) is 2. The molecule has 1 aliphatic rings. The summed E-state index contributed by atoms with van der Waals surface area (Å²) in [7, 11) is -11.8. The van der Waals surface area contributed by atoms with Gasteiger partial charge < -0.3 is 27.3 Å². The van der Waals surface area contributed by atoms with Gasteiger partial charge in [0.05, 0.1) is 0 Å². The molecule has 1 heterocycles. The molecule has 1 fully saturated rings. The molecule has 29 heavy (non-hydrogen) atoms. The minimum atomic E-state index is -2.11. The molecule has 1 aliphatic heterocycles. The maximum absolute atomic E-state index is 8.40. The Morgan fingerprint density at radius 1 is 0.552 bits per heavy atom. The third-order valence-electron chi connectivity index (χ3n) is 2.72. The van der Waals surface area contributed by atoms with Crippen molar-refractivity contribution in [2.75, 3.05) is 0 Å². The average molecular weight is 535 g/mol. The standard InChI is InChI=1S/C8H24O4Si4.C6H19NSi2.H3N.O2Si/c1-13(2)9-14(3,4)11-16(7,8)12-15(5,6)10-13;1-8(2,3)7-9(4,5)6;;1-3-2/h1-8H3;7H,1-6H3;1H3;. The Morgan fingerprint density at radius 2 is 0.690 bits per heavy atom. The van der Waals surface area contributed by atoms with Gasteiger partial charge in [-0.15, -0.1) is 0 Å². The fraction of sp³-hybridized carbons (Fsp3) is 1.00. The Kier molecular flexibility index (Phi) is 14.5. The zero-order valence-corrected chi connectivity index (χ0v) is 28.2. The van der Waals surface area contributed by atoms with E-state index >= 15 is 0 Å². The molecule has 0 saturated carbocycles. The highest BCUT2D eigenvalue weighted by Crippen LogP contribution is 2.30. The van der Waals surface area contributed by atoms with Crippen LogP contribution in [0.3, 0.4) is 0 Å². The van der Waals surface area contributed by atoms with Gasteiger partial charge in [-0.1, -0.05) is 39.3 Å². The first-order valence-corrected chi connectivity index (χ1v) is 28.6. The second kappa shape index (κ2) is 12.2. The largest absolute Gasteiger partial charge is 0.549 e. The summed E-state index contributed by atoms with van der Waals surface area (Å²) < 4.78 is 45.2. The van der Waals surface area contributed by atoms with Crippen molar-refractivity contribution in [2.24, 2.45) is 0 Å². The molecule has 8 nitrogen and oxygen atoms in total. The molecule has 0 atom stereocenters. The Bertz CT molecular complexity index is 444. The van der Waals surface area contributed by atoms with Crippen molar-refractivity contribution in [3.63, 3.8) is 0 Å². The van der Waals surface area contributed by atoms with Gasteiger partial charge >= 0.3 is 43.5 Å². The van der Waals surface area contributed by atoms with Crippen molar-refractivity contribution >= 4 is 60.0 Å². The van der Waals surface area contributed by atoms with Gasteiger partial charge in [-0.05, 0) is 52.4 Å². The van der Waals surface area contributed by atoms with E-state index in [-0.39, 0.29) is 6.15 Å². The van der Waals surface area contributed by atoms with E-state index in [1.54, 1.807) is 0 Å². The van der Waals surface area contributed by atoms with E-state index in [2.05, 4.69) is 96.3 Å². The quantitative estimate of drug-likeness (QED) is 0.491. The molecule has 0 unspecified atom stereocenters. The van der Waals surface area contributed by atoms with Crippen LogP contribution in [0.1, 0.15) is 0 Å². The van der Waals surface area contributed by atoms with Crippen molar-refractivity contribution in [2.45, 2.75) is 91.7 Å². The highest BCUT2D eigenvalue weighted by Gasteiger charge is 2.50. The first kappa shape index (κ1) is 34.5. The Morgan fingerprint density at radius 3 is 0.759 bits per heavy atom. The van der Waals surface area contributed by atoms with Crippen LogP contribution < -0.4 is 10.8 Å². The molecule has 0 amide bonds. The fourth-order valence-electron chi connectivity index (χ4n) is 3.58. The molecule has 1 saturated heterocycles. The second-order valence-corrected chi connectivity index (χ2v) is 35.3. The van der Waals surface area contributed by atoms with Gasteiger partial charge in [0.15, 0.2) is 0 Å². The molecule has 0 radical (unpaired) electrons. The first-order valence-electron chi connectivity index (χ1n) is 9.54. The molecule has 0 aromatic carbocycles. The van der Waals surface area contributed by atoms with Gasteiger partial charge in [0.2, 0.25) is 0 Å². The van der Waals surface area contributed by atoms with Crippen molar-refractivity contribution < 1.29 is 25.4 Å². The fourth-order valence-corrected chi connectivity index (χ4v) is 33.7. The third-order valence-corrected chi connectivity index (χ3v) is 24.4. The summed E-state index contributed by atoms with van der Waals surface area (Å²) in [6, 6.07) is 0. The van der Waals surface area contributed by atoms with Crippen molar-refractivity contribution in [3.8, 4) is 0 Å². The zero-order valence-electron chi connectivity index (χ0n) is 21.2. The molecule has 0 aliphatic carbocycles. The van der Waals surface area contributed by atoms with Gasteiger partial charge in [0.25, 0.3) is 0 Å². The van der Waals surface area contributed by atoms with Crippen LogP contribution >= 0.6 is 0 Å². The SMILES string of the molecule is C[Si](C)(C)N[Si](C)(C)C.C[Si]1(C)O[Si](C)(C)O[Si](C)(C)O[Si](C)(C)O1.N.O=[Si]=O. The summed E-state index contributed by atoms with van der Waals surface area (Å²) in [4.78, 5) is 0. The highest BCUT2D eigenvalue weighted by molar-refractivity contribution is 6.92. The van der Waals surface area contributed by atoms with E-state index in [0.29, 0.717) is 0 Å². The monoisotopic (exact) mass is 534 g/mol. The molecule has 1 rings (SSSR count). The van der Waals surface area contributed by atoms with Gasteiger partial charge in [-0.3, -0.25) is 8.92 Å². The Labute approximate surface area is 187 Å². The summed E-state index contributed by atoms with van der Waals surface area (Å²) in [5.41, 5.74) is 0. The summed E-state index contributed by atoms with van der Waals surface area (Å²) in [5.74, 6) is 0. The van der Waals surface area contributed by atoms with Crippen LogP contribution in [0.25, 0.3) is 0 Å². The Balaban J connectivity index is -0.000000444. The molecular formula is C14H46N2O6Si7. The lowest BCUT2D eigenvalue weighted by Crippen LogP contribution is -2.64. The molecule has 0 aromatic rings. The van der Waals surface area contributed by atoms with Gasteiger partial charge in [-0.2, -0.15) is 0 Å². The van der Waals surface area contributed by atoms with Crippen molar-refractivity contribution in [3.05, 3.63) is 0 Å². The predicted octanol–water partition coefficient (Wildman–Crippen LogP) is 4.66. The molecule has 15 heteroatoms. The van der Waals surface area contributed by atoms with Crippen molar-refractivity contribution in [1.29, 1.82) is 0 Å². The van der Waals surface area contributed by atoms with E-state index < -0.39 is 60.0 Å². The lowest BCUT2D eigenvalue weighted by Gasteiger charge is -2.46. The van der Waals surface area contributed by atoms with Crippen LogP contribution in [0, 0.1) is 0 Å². The second-order valence-electron chi connectivity index (χ2n) is 10.7. The van der Waals surface area contributed by atoms with Crippen LogP contribution in [-0.2, 0) is 25.4 Å². The lowest BCUT2D eigenvalue weighted by molar-refractivity contribution is 0.238. The van der Waals surface area contributed by atoms with Crippen LogP contribution in [0.2, 0.25) is 91.7 Å². The van der Waals surface area contributed by atoms with Gasteiger partial charge in [-0.25, -0.2) is 0 Å². The van der Waals surface area contributed by atoms with Crippen LogP contribution in [0.15, 0.2) is 0 Å². The number of hydrogen-bond acceptors (Lipinski definition) is 8. The molecule has 0 spiro atoms. The molecule has 0 bridgehead atoms. The summed E-state index contributed by atoms with van der Waals surface area (Å²) in [5, 5.41) is 0. The van der Waals surface area contributed by atoms with Crippen LogP contribution in [0.4, 0.5) is 0 Å². The summed E-state index contributed by atoms with van der Waals surface area (Å²) in [6.07, 6.45) is 0. The first-order chi connectivity index (χ1) is 11.9. The van der Waals surface area contributed by atoms with Gasteiger partial charge in [0, 0.05) is 0 Å². The minimum Gasteiger partial charge on any atom is -0.416 e. The summed E-state index contributed by atoms with van der Waals surface area (Å²) >= 11 is 0. The van der Waals surface area contributed by atoms with E-state index in [1.165, 1.54) is 0 Å².